The van der Waals surface area contributed by atoms with E-state index in [-0.39, 0.29) is 0 Å². The molecule has 0 fully saturated rings. The average molecular weight is 626 g/mol. The molecule has 49 heavy (non-hydrogen) atoms. The first-order valence-electron chi connectivity index (χ1n) is 16.4. The van der Waals surface area contributed by atoms with Gasteiger partial charge in [0.25, 0.3) is 0 Å². The highest BCUT2D eigenvalue weighted by atomic mass is 16.3. The molecular weight excluding hydrogens is 599 g/mol. The molecule has 228 valence electrons. The topological polar surface area (TPSA) is 51.8 Å². The average Bonchev–Trinajstić information content (AvgIpc) is 3.56. The molecule has 0 saturated carbocycles. The second-order valence-corrected chi connectivity index (χ2v) is 12.5. The van der Waals surface area contributed by atoms with E-state index < -0.39 is 0 Å². The van der Waals surface area contributed by atoms with Gasteiger partial charge in [0.15, 0.2) is 0 Å². The van der Waals surface area contributed by atoms with Crippen molar-refractivity contribution < 1.29 is 4.42 Å². The van der Waals surface area contributed by atoms with E-state index in [1.54, 1.807) is 0 Å². The van der Waals surface area contributed by atoms with Gasteiger partial charge in [0, 0.05) is 57.3 Å². The highest BCUT2D eigenvalue weighted by Crippen LogP contribution is 2.41. The van der Waals surface area contributed by atoms with Gasteiger partial charge in [0.1, 0.15) is 11.2 Å². The zero-order chi connectivity index (χ0) is 32.3. The lowest BCUT2D eigenvalue weighted by Crippen LogP contribution is -1.90. The minimum Gasteiger partial charge on any atom is -0.456 e. The molecule has 0 aliphatic rings. The van der Waals surface area contributed by atoms with Crippen molar-refractivity contribution in [3.8, 4) is 44.5 Å². The summed E-state index contributed by atoms with van der Waals surface area (Å²) in [6.45, 7) is 0. The maximum atomic E-state index is 6.39. The first-order chi connectivity index (χ1) is 24.3. The number of rotatable bonds is 4. The first kappa shape index (κ1) is 27.5. The van der Waals surface area contributed by atoms with Crippen molar-refractivity contribution in [2.75, 3.05) is 0 Å². The molecule has 10 aromatic rings. The number of furan rings is 1. The van der Waals surface area contributed by atoms with Gasteiger partial charge in [-0.1, -0.05) is 84.9 Å². The molecule has 6 aromatic carbocycles. The lowest BCUT2D eigenvalue weighted by atomic mass is 9.91. The molecule has 0 bridgehead atoms. The van der Waals surface area contributed by atoms with Crippen molar-refractivity contribution in [1.82, 2.24) is 15.0 Å². The van der Waals surface area contributed by atoms with Crippen LogP contribution in [0.25, 0.3) is 99.0 Å². The molecule has 0 amide bonds. The number of aromatic nitrogens is 3. The van der Waals surface area contributed by atoms with Gasteiger partial charge in [-0.2, -0.15) is 0 Å². The Hall–Kier alpha value is -6.65. The first-order valence-corrected chi connectivity index (χ1v) is 16.4. The van der Waals surface area contributed by atoms with E-state index in [0.717, 1.165) is 93.5 Å². The van der Waals surface area contributed by atoms with Crippen molar-refractivity contribution in [3.05, 3.63) is 164 Å². The van der Waals surface area contributed by atoms with Crippen LogP contribution in [0.3, 0.4) is 0 Å². The minimum absolute atomic E-state index is 0.873. The van der Waals surface area contributed by atoms with Gasteiger partial charge >= 0.3 is 0 Å². The lowest BCUT2D eigenvalue weighted by Gasteiger charge is -2.13. The van der Waals surface area contributed by atoms with Crippen LogP contribution in [0.4, 0.5) is 0 Å². The standard InChI is InChI=1S/C45H27N3O/c1-2-7-28(8-3-1)38-12-5-13-42-43(38)39-25-31(16-17-41(39)49-42)33-22-34(24-35(23-33)37-11-4-9-29-18-20-46-27-40(29)37)36-21-32-15-14-30-10-6-19-47-44(30)45(32)48-26-36/h1-27H. The van der Waals surface area contributed by atoms with Crippen LogP contribution < -0.4 is 0 Å². The van der Waals surface area contributed by atoms with E-state index in [4.69, 9.17) is 9.40 Å². The molecule has 10 rings (SSSR count). The number of pyridine rings is 3. The van der Waals surface area contributed by atoms with Crippen LogP contribution in [0, 0.1) is 0 Å². The van der Waals surface area contributed by atoms with E-state index in [0.29, 0.717) is 0 Å². The predicted molar refractivity (Wildman–Crippen MR) is 201 cm³/mol. The quantitative estimate of drug-likeness (QED) is 0.183. The molecular formula is C45H27N3O. The number of fused-ring (bicyclic) bond motifs is 7. The predicted octanol–water partition coefficient (Wildman–Crippen LogP) is 11.9. The van der Waals surface area contributed by atoms with Gasteiger partial charge < -0.3 is 4.42 Å². The van der Waals surface area contributed by atoms with Gasteiger partial charge in [-0.3, -0.25) is 15.0 Å². The number of hydrogen-bond acceptors (Lipinski definition) is 4. The molecule has 0 aliphatic carbocycles. The normalized spacial score (nSPS) is 11.7. The summed E-state index contributed by atoms with van der Waals surface area (Å²) in [7, 11) is 0. The number of benzene rings is 6. The Kier molecular flexibility index (Phi) is 6.15. The monoisotopic (exact) mass is 625 g/mol. The molecule has 0 spiro atoms. The van der Waals surface area contributed by atoms with E-state index in [2.05, 4.69) is 143 Å². The van der Waals surface area contributed by atoms with Gasteiger partial charge in [0.05, 0.1) is 11.0 Å². The van der Waals surface area contributed by atoms with Crippen LogP contribution in [-0.2, 0) is 0 Å². The third kappa shape index (κ3) is 4.57. The Morgan fingerprint density at radius 2 is 1.18 bits per heavy atom. The maximum absolute atomic E-state index is 6.39. The van der Waals surface area contributed by atoms with Gasteiger partial charge in [-0.25, -0.2) is 0 Å². The van der Waals surface area contributed by atoms with Crippen molar-refractivity contribution in [2.24, 2.45) is 0 Å². The van der Waals surface area contributed by atoms with Crippen molar-refractivity contribution in [2.45, 2.75) is 0 Å². The van der Waals surface area contributed by atoms with Crippen LogP contribution in [0.1, 0.15) is 0 Å². The van der Waals surface area contributed by atoms with Crippen molar-refractivity contribution in [3.63, 3.8) is 0 Å². The van der Waals surface area contributed by atoms with Crippen LogP contribution in [0.5, 0.6) is 0 Å². The zero-order valence-corrected chi connectivity index (χ0v) is 26.3. The summed E-state index contributed by atoms with van der Waals surface area (Å²) in [5.74, 6) is 0. The van der Waals surface area contributed by atoms with Gasteiger partial charge in [0.2, 0.25) is 0 Å². The van der Waals surface area contributed by atoms with Gasteiger partial charge in [-0.05, 0) is 98.9 Å². The van der Waals surface area contributed by atoms with Crippen molar-refractivity contribution in [1.29, 1.82) is 0 Å². The smallest absolute Gasteiger partial charge is 0.136 e. The van der Waals surface area contributed by atoms with E-state index >= 15 is 0 Å². The van der Waals surface area contributed by atoms with Crippen molar-refractivity contribution >= 4 is 54.5 Å². The Morgan fingerprint density at radius 1 is 0.388 bits per heavy atom. The largest absolute Gasteiger partial charge is 0.456 e. The second kappa shape index (κ2) is 11.0. The summed E-state index contributed by atoms with van der Waals surface area (Å²) in [6, 6.07) is 49.2. The summed E-state index contributed by atoms with van der Waals surface area (Å²) in [6.07, 6.45) is 7.61. The summed E-state index contributed by atoms with van der Waals surface area (Å²) in [4.78, 5) is 14.1. The molecule has 0 saturated heterocycles. The highest BCUT2D eigenvalue weighted by molar-refractivity contribution is 6.13. The Balaban J connectivity index is 1.20. The van der Waals surface area contributed by atoms with Crippen LogP contribution in [0.15, 0.2) is 169 Å². The maximum Gasteiger partial charge on any atom is 0.136 e. The van der Waals surface area contributed by atoms with Crippen LogP contribution in [0.2, 0.25) is 0 Å². The molecule has 4 aromatic heterocycles. The van der Waals surface area contributed by atoms with E-state index in [1.807, 2.05) is 30.9 Å². The summed E-state index contributed by atoms with van der Waals surface area (Å²) in [5.41, 5.74) is 12.5. The Morgan fingerprint density at radius 3 is 2.12 bits per heavy atom. The molecule has 0 aliphatic heterocycles. The summed E-state index contributed by atoms with van der Waals surface area (Å²) >= 11 is 0. The highest BCUT2D eigenvalue weighted by Gasteiger charge is 2.16. The molecule has 4 heterocycles. The minimum atomic E-state index is 0.873. The fourth-order valence-electron chi connectivity index (χ4n) is 7.24. The molecule has 0 atom stereocenters. The fourth-order valence-corrected chi connectivity index (χ4v) is 7.24. The SMILES string of the molecule is c1ccc(-c2cccc3oc4ccc(-c5cc(-c6cnc7c(ccc8cccnc87)c6)cc(-c6cccc7ccncc67)c5)cc4c23)cc1. The number of nitrogens with zero attached hydrogens (tertiary/aromatic N) is 3. The van der Waals surface area contributed by atoms with E-state index in [1.165, 1.54) is 5.56 Å². The van der Waals surface area contributed by atoms with Crippen LogP contribution in [-0.4, -0.2) is 15.0 Å². The third-order valence-electron chi connectivity index (χ3n) is 9.60. The molecule has 0 radical (unpaired) electrons. The summed E-state index contributed by atoms with van der Waals surface area (Å²) in [5, 5.41) is 6.64. The number of hydrogen-bond donors (Lipinski definition) is 0. The zero-order valence-electron chi connectivity index (χ0n) is 26.3. The van der Waals surface area contributed by atoms with E-state index in [9.17, 15) is 0 Å². The third-order valence-corrected chi connectivity index (χ3v) is 9.60. The molecule has 0 N–H and O–H groups in total. The lowest BCUT2D eigenvalue weighted by molar-refractivity contribution is 0.669. The molecule has 4 nitrogen and oxygen atoms in total. The summed E-state index contributed by atoms with van der Waals surface area (Å²) < 4.78 is 6.39. The fraction of sp³-hybridized carbons (Fsp3) is 0. The van der Waals surface area contributed by atoms with Gasteiger partial charge in [-0.15, -0.1) is 0 Å². The molecule has 4 heteroatoms. The Bertz CT molecular complexity index is 2890. The molecule has 0 unspecified atom stereocenters. The Labute approximate surface area is 282 Å². The second-order valence-electron chi connectivity index (χ2n) is 12.5. The van der Waals surface area contributed by atoms with Crippen LogP contribution >= 0.6 is 0 Å².